The summed E-state index contributed by atoms with van der Waals surface area (Å²) in [6.45, 7) is 6.62. The topological polar surface area (TPSA) is 64.8 Å². The highest BCUT2D eigenvalue weighted by molar-refractivity contribution is 9.10. The Kier molecular flexibility index (Phi) is 4.13. The average molecular weight is 343 g/mol. The van der Waals surface area contributed by atoms with Gasteiger partial charge in [0, 0.05) is 16.2 Å². The third kappa shape index (κ3) is 3.79. The molecule has 1 saturated heterocycles. The van der Waals surface area contributed by atoms with Gasteiger partial charge in [0.25, 0.3) is 0 Å². The lowest BCUT2D eigenvalue weighted by Gasteiger charge is -2.39. The van der Waals surface area contributed by atoms with Gasteiger partial charge in [-0.3, -0.25) is 0 Å². The quantitative estimate of drug-likeness (QED) is 0.839. The van der Waals surface area contributed by atoms with Crippen LogP contribution in [0.1, 0.15) is 20.8 Å². The highest BCUT2D eigenvalue weighted by Crippen LogP contribution is 2.26. The molecule has 1 heterocycles. The molecule has 6 heteroatoms. The first-order valence-electron chi connectivity index (χ1n) is 6.44. The summed E-state index contributed by atoms with van der Waals surface area (Å²) in [7, 11) is 0. The number of carbonyl (C=O) groups excluding carboxylic acids is 1. The van der Waals surface area contributed by atoms with Gasteiger partial charge in [-0.25, -0.2) is 4.79 Å². The largest absolute Gasteiger partial charge is 0.487 e. The molecular weight excluding hydrogens is 324 g/mol. The number of amides is 1. The standard InChI is InChI=1S/C14H19BrN2O3/c1-14(2,3)20-13(18)17-7-10(8-17)19-9-4-5-11(15)12(16)6-9/h4-6,10H,7-8,16H2,1-3H3. The van der Waals surface area contributed by atoms with Crippen molar-refractivity contribution in [1.82, 2.24) is 4.90 Å². The number of anilines is 1. The average Bonchev–Trinajstić information content (AvgIpc) is 2.25. The number of carbonyl (C=O) groups is 1. The Balaban J connectivity index is 1.82. The first-order chi connectivity index (χ1) is 9.24. The van der Waals surface area contributed by atoms with E-state index in [0.717, 1.165) is 4.47 Å². The molecule has 1 aromatic rings. The molecule has 2 rings (SSSR count). The molecular formula is C14H19BrN2O3. The zero-order valence-corrected chi connectivity index (χ0v) is 13.4. The van der Waals surface area contributed by atoms with E-state index < -0.39 is 5.60 Å². The molecule has 20 heavy (non-hydrogen) atoms. The minimum atomic E-state index is -0.469. The molecule has 110 valence electrons. The summed E-state index contributed by atoms with van der Waals surface area (Å²) >= 11 is 3.33. The fourth-order valence-electron chi connectivity index (χ4n) is 1.78. The van der Waals surface area contributed by atoms with E-state index in [2.05, 4.69) is 15.9 Å². The lowest BCUT2D eigenvalue weighted by atomic mass is 10.1. The molecule has 0 spiro atoms. The first kappa shape index (κ1) is 15.0. The molecule has 0 radical (unpaired) electrons. The van der Waals surface area contributed by atoms with Gasteiger partial charge in [-0.2, -0.15) is 0 Å². The van der Waals surface area contributed by atoms with Crippen LogP contribution in [-0.2, 0) is 4.74 Å². The number of hydrogen-bond donors (Lipinski definition) is 1. The van der Waals surface area contributed by atoms with Crippen molar-refractivity contribution in [3.63, 3.8) is 0 Å². The van der Waals surface area contributed by atoms with Crippen molar-refractivity contribution in [2.75, 3.05) is 18.8 Å². The van der Waals surface area contributed by atoms with Crippen LogP contribution in [-0.4, -0.2) is 35.8 Å². The van der Waals surface area contributed by atoms with Crippen LogP contribution in [0.4, 0.5) is 10.5 Å². The summed E-state index contributed by atoms with van der Waals surface area (Å²) in [4.78, 5) is 13.4. The molecule has 1 aliphatic rings. The minimum Gasteiger partial charge on any atom is -0.487 e. The van der Waals surface area contributed by atoms with E-state index in [9.17, 15) is 4.79 Å². The van der Waals surface area contributed by atoms with Crippen molar-refractivity contribution in [2.24, 2.45) is 0 Å². The van der Waals surface area contributed by atoms with Gasteiger partial charge >= 0.3 is 6.09 Å². The summed E-state index contributed by atoms with van der Waals surface area (Å²) in [5.74, 6) is 0.708. The molecule has 1 amide bonds. The van der Waals surface area contributed by atoms with E-state index in [1.165, 1.54) is 0 Å². The molecule has 0 unspecified atom stereocenters. The number of nitrogen functional groups attached to an aromatic ring is 1. The highest BCUT2D eigenvalue weighted by Gasteiger charge is 2.35. The van der Waals surface area contributed by atoms with Gasteiger partial charge in [-0.1, -0.05) is 0 Å². The zero-order valence-electron chi connectivity index (χ0n) is 11.9. The van der Waals surface area contributed by atoms with Crippen LogP contribution >= 0.6 is 15.9 Å². The number of likely N-dealkylation sites (tertiary alicyclic amines) is 1. The third-order valence-electron chi connectivity index (χ3n) is 2.77. The van der Waals surface area contributed by atoms with Crippen LogP contribution in [0.2, 0.25) is 0 Å². The van der Waals surface area contributed by atoms with Crippen LogP contribution in [0.25, 0.3) is 0 Å². The van der Waals surface area contributed by atoms with Crippen molar-refractivity contribution in [1.29, 1.82) is 0 Å². The maximum atomic E-state index is 11.8. The Morgan fingerprint density at radius 1 is 1.40 bits per heavy atom. The second-order valence-electron chi connectivity index (χ2n) is 5.81. The maximum Gasteiger partial charge on any atom is 0.410 e. The molecule has 0 atom stereocenters. The van der Waals surface area contributed by atoms with Gasteiger partial charge in [0.2, 0.25) is 0 Å². The Labute approximate surface area is 127 Å². The van der Waals surface area contributed by atoms with Crippen molar-refractivity contribution >= 4 is 27.7 Å². The van der Waals surface area contributed by atoms with Crippen molar-refractivity contribution < 1.29 is 14.3 Å². The molecule has 1 fully saturated rings. The zero-order chi connectivity index (χ0) is 14.9. The molecule has 0 bridgehead atoms. The SMILES string of the molecule is CC(C)(C)OC(=O)N1CC(Oc2ccc(Br)c(N)c2)C1. The number of rotatable bonds is 2. The van der Waals surface area contributed by atoms with E-state index in [-0.39, 0.29) is 12.2 Å². The smallest absolute Gasteiger partial charge is 0.410 e. The molecule has 5 nitrogen and oxygen atoms in total. The number of nitrogens with zero attached hydrogens (tertiary/aromatic N) is 1. The summed E-state index contributed by atoms with van der Waals surface area (Å²) in [5.41, 5.74) is 5.95. The van der Waals surface area contributed by atoms with E-state index in [1.54, 1.807) is 11.0 Å². The second kappa shape index (κ2) is 5.52. The molecule has 1 aromatic carbocycles. The number of ether oxygens (including phenoxy) is 2. The van der Waals surface area contributed by atoms with Gasteiger partial charge < -0.3 is 20.1 Å². The molecule has 0 aromatic heterocycles. The van der Waals surface area contributed by atoms with Crippen LogP contribution in [0.5, 0.6) is 5.75 Å². The molecule has 0 saturated carbocycles. The summed E-state index contributed by atoms with van der Waals surface area (Å²) < 4.78 is 11.9. The van der Waals surface area contributed by atoms with Gasteiger partial charge in [-0.05, 0) is 48.8 Å². The van der Waals surface area contributed by atoms with Crippen molar-refractivity contribution in [2.45, 2.75) is 32.5 Å². The Hall–Kier alpha value is -1.43. The predicted octanol–water partition coefficient (Wildman–Crippen LogP) is 3.03. The van der Waals surface area contributed by atoms with E-state index in [1.807, 2.05) is 32.9 Å². The Morgan fingerprint density at radius 3 is 2.60 bits per heavy atom. The molecule has 2 N–H and O–H groups in total. The fraction of sp³-hybridized carbons (Fsp3) is 0.500. The second-order valence-corrected chi connectivity index (χ2v) is 6.66. The fourth-order valence-corrected chi connectivity index (χ4v) is 2.02. The summed E-state index contributed by atoms with van der Waals surface area (Å²) in [6.07, 6.45) is -0.309. The van der Waals surface area contributed by atoms with Crippen molar-refractivity contribution in [3.8, 4) is 5.75 Å². The van der Waals surface area contributed by atoms with Gasteiger partial charge in [0.1, 0.15) is 17.5 Å². The lowest BCUT2D eigenvalue weighted by Crippen LogP contribution is -2.57. The van der Waals surface area contributed by atoms with Crippen LogP contribution in [0, 0.1) is 0 Å². The molecule has 0 aliphatic carbocycles. The van der Waals surface area contributed by atoms with E-state index in [0.29, 0.717) is 24.5 Å². The Bertz CT molecular complexity index is 508. The number of hydrogen-bond acceptors (Lipinski definition) is 4. The minimum absolute atomic E-state index is 0.0110. The number of halogens is 1. The van der Waals surface area contributed by atoms with Crippen molar-refractivity contribution in [3.05, 3.63) is 22.7 Å². The third-order valence-corrected chi connectivity index (χ3v) is 3.49. The van der Waals surface area contributed by atoms with Crippen LogP contribution < -0.4 is 10.5 Å². The monoisotopic (exact) mass is 342 g/mol. The van der Waals surface area contributed by atoms with Gasteiger partial charge in [-0.15, -0.1) is 0 Å². The predicted molar refractivity (Wildman–Crippen MR) is 80.8 cm³/mol. The first-order valence-corrected chi connectivity index (χ1v) is 7.23. The summed E-state index contributed by atoms with van der Waals surface area (Å²) in [5, 5.41) is 0. The summed E-state index contributed by atoms with van der Waals surface area (Å²) in [6, 6.07) is 5.45. The lowest BCUT2D eigenvalue weighted by molar-refractivity contribution is -0.0221. The number of benzene rings is 1. The van der Waals surface area contributed by atoms with E-state index >= 15 is 0 Å². The molecule has 1 aliphatic heterocycles. The van der Waals surface area contributed by atoms with E-state index in [4.69, 9.17) is 15.2 Å². The van der Waals surface area contributed by atoms with Gasteiger partial charge in [0.05, 0.1) is 13.1 Å². The van der Waals surface area contributed by atoms with Gasteiger partial charge in [0.15, 0.2) is 0 Å². The number of nitrogens with two attached hydrogens (primary N) is 1. The Morgan fingerprint density at radius 2 is 2.05 bits per heavy atom. The maximum absolute atomic E-state index is 11.8. The normalized spacial score (nSPS) is 15.7. The van der Waals surface area contributed by atoms with Crippen LogP contribution in [0.15, 0.2) is 22.7 Å². The van der Waals surface area contributed by atoms with Crippen LogP contribution in [0.3, 0.4) is 0 Å². The highest BCUT2D eigenvalue weighted by atomic mass is 79.9.